The van der Waals surface area contributed by atoms with Crippen LogP contribution in [0.1, 0.15) is 18.4 Å². The number of benzene rings is 2. The van der Waals surface area contributed by atoms with Crippen molar-refractivity contribution in [3.63, 3.8) is 0 Å². The first-order valence-electron chi connectivity index (χ1n) is 8.53. The minimum Gasteiger partial charge on any atom is -0.495 e. The van der Waals surface area contributed by atoms with Gasteiger partial charge in [-0.1, -0.05) is 17.7 Å². The van der Waals surface area contributed by atoms with Crippen LogP contribution in [0.15, 0.2) is 47.4 Å². The third-order valence-corrected chi connectivity index (χ3v) is 6.28. The topological polar surface area (TPSA) is 75.7 Å². The number of halogens is 1. The summed E-state index contributed by atoms with van der Waals surface area (Å²) in [5.41, 5.74) is 1.13. The molecule has 144 valence electrons. The Bertz CT molecular complexity index is 941. The molecule has 0 bridgehead atoms. The van der Waals surface area contributed by atoms with E-state index < -0.39 is 10.0 Å². The molecule has 6 nitrogen and oxygen atoms in total. The van der Waals surface area contributed by atoms with Gasteiger partial charge in [-0.2, -0.15) is 0 Å². The van der Waals surface area contributed by atoms with Crippen LogP contribution in [0.5, 0.6) is 5.75 Å². The second kappa shape index (κ2) is 7.78. The summed E-state index contributed by atoms with van der Waals surface area (Å²) in [6, 6.07) is 11.4. The van der Waals surface area contributed by atoms with Crippen LogP contribution >= 0.6 is 11.6 Å². The number of sulfonamides is 1. The maximum atomic E-state index is 13.4. The van der Waals surface area contributed by atoms with E-state index in [0.29, 0.717) is 10.7 Å². The number of carbonyl (C=O) groups excluding carboxylic acids is 1. The van der Waals surface area contributed by atoms with Crippen LogP contribution < -0.4 is 14.4 Å². The number of carbonyl (C=O) groups is 1. The fraction of sp³-hybridized carbons (Fsp3) is 0.316. The average molecular weight is 409 g/mol. The lowest BCUT2D eigenvalue weighted by molar-refractivity contribution is -0.119. The van der Waals surface area contributed by atoms with Gasteiger partial charge in [-0.15, -0.1) is 0 Å². The van der Waals surface area contributed by atoms with Crippen LogP contribution in [0.25, 0.3) is 0 Å². The second-order valence-electron chi connectivity index (χ2n) is 6.48. The molecule has 0 saturated heterocycles. The van der Waals surface area contributed by atoms with Gasteiger partial charge in [0.05, 0.1) is 12.8 Å². The summed E-state index contributed by atoms with van der Waals surface area (Å²) >= 11 is 5.93. The first kappa shape index (κ1) is 19.5. The van der Waals surface area contributed by atoms with Gasteiger partial charge in [-0.3, -0.25) is 9.10 Å². The maximum Gasteiger partial charge on any atom is 0.268 e. The summed E-state index contributed by atoms with van der Waals surface area (Å²) in [4.78, 5) is 12.4. The molecule has 0 spiro atoms. The van der Waals surface area contributed by atoms with Gasteiger partial charge in [-0.25, -0.2) is 8.42 Å². The molecule has 1 amide bonds. The first-order chi connectivity index (χ1) is 12.8. The van der Waals surface area contributed by atoms with Gasteiger partial charge >= 0.3 is 0 Å². The van der Waals surface area contributed by atoms with E-state index in [4.69, 9.17) is 16.3 Å². The molecule has 8 heteroatoms. The van der Waals surface area contributed by atoms with E-state index in [9.17, 15) is 13.2 Å². The quantitative estimate of drug-likeness (QED) is 0.763. The van der Waals surface area contributed by atoms with Gasteiger partial charge in [0.15, 0.2) is 0 Å². The fourth-order valence-electron chi connectivity index (χ4n) is 2.66. The van der Waals surface area contributed by atoms with E-state index in [-0.39, 0.29) is 29.1 Å². The predicted octanol–water partition coefficient (Wildman–Crippen LogP) is 3.13. The fourth-order valence-corrected chi connectivity index (χ4v) is 4.45. The minimum absolute atomic E-state index is 0.0131. The Labute approximate surface area is 164 Å². The Balaban J connectivity index is 2.03. The highest BCUT2D eigenvalue weighted by Gasteiger charge is 2.32. The molecule has 0 radical (unpaired) electrons. The lowest BCUT2D eigenvalue weighted by atomic mass is 10.2. The Kier molecular flexibility index (Phi) is 5.62. The van der Waals surface area contributed by atoms with E-state index in [0.717, 1.165) is 22.7 Å². The lowest BCUT2D eigenvalue weighted by Crippen LogP contribution is -2.41. The number of rotatable bonds is 7. The van der Waals surface area contributed by atoms with Gasteiger partial charge < -0.3 is 10.1 Å². The van der Waals surface area contributed by atoms with Gasteiger partial charge in [-0.05, 0) is 61.7 Å². The van der Waals surface area contributed by atoms with E-state index in [1.807, 2.05) is 0 Å². The average Bonchev–Trinajstić information content (AvgIpc) is 3.44. The summed E-state index contributed by atoms with van der Waals surface area (Å²) in [5.74, 6) is -0.121. The number of nitrogens with zero attached hydrogens (tertiary/aromatic N) is 1. The Morgan fingerprint density at radius 3 is 2.48 bits per heavy atom. The van der Waals surface area contributed by atoms with Gasteiger partial charge in [0.1, 0.15) is 17.2 Å². The zero-order valence-electron chi connectivity index (χ0n) is 15.1. The molecule has 0 aliphatic heterocycles. The van der Waals surface area contributed by atoms with Crippen molar-refractivity contribution in [2.24, 2.45) is 0 Å². The van der Waals surface area contributed by atoms with Gasteiger partial charge in [0.25, 0.3) is 10.0 Å². The smallest absolute Gasteiger partial charge is 0.268 e. The number of aryl methyl sites for hydroxylation is 1. The predicted molar refractivity (Wildman–Crippen MR) is 105 cm³/mol. The molecule has 2 aromatic rings. The molecule has 1 aliphatic carbocycles. The maximum absolute atomic E-state index is 13.4. The van der Waals surface area contributed by atoms with Crippen LogP contribution in [0.2, 0.25) is 5.02 Å². The Morgan fingerprint density at radius 2 is 1.89 bits per heavy atom. The molecule has 0 aromatic heterocycles. The normalized spacial score (nSPS) is 13.9. The van der Waals surface area contributed by atoms with Crippen LogP contribution in [-0.2, 0) is 14.8 Å². The van der Waals surface area contributed by atoms with Crippen LogP contribution in [0.4, 0.5) is 5.69 Å². The molecule has 0 atom stereocenters. The summed E-state index contributed by atoms with van der Waals surface area (Å²) in [5, 5.41) is 3.31. The highest BCUT2D eigenvalue weighted by Crippen LogP contribution is 2.31. The van der Waals surface area contributed by atoms with Crippen LogP contribution in [0, 0.1) is 6.92 Å². The third-order valence-electron chi connectivity index (χ3n) is 4.23. The van der Waals surface area contributed by atoms with Crippen molar-refractivity contribution in [1.29, 1.82) is 0 Å². The molecule has 27 heavy (non-hydrogen) atoms. The molecule has 2 aromatic carbocycles. The zero-order chi connectivity index (χ0) is 19.6. The molecule has 0 unspecified atom stereocenters. The molecule has 1 fully saturated rings. The van der Waals surface area contributed by atoms with E-state index in [1.54, 1.807) is 43.3 Å². The number of methoxy groups -OCH3 is 1. The van der Waals surface area contributed by atoms with E-state index in [1.165, 1.54) is 13.2 Å². The molecular formula is C19H21ClN2O4S. The van der Waals surface area contributed by atoms with Crippen molar-refractivity contribution >= 4 is 33.2 Å². The minimum atomic E-state index is -4.04. The van der Waals surface area contributed by atoms with Crippen molar-refractivity contribution in [1.82, 2.24) is 5.32 Å². The number of hydrogen-bond acceptors (Lipinski definition) is 4. The van der Waals surface area contributed by atoms with Crippen molar-refractivity contribution in [3.8, 4) is 5.75 Å². The number of amides is 1. The van der Waals surface area contributed by atoms with Crippen LogP contribution in [-0.4, -0.2) is 34.0 Å². The van der Waals surface area contributed by atoms with Crippen molar-refractivity contribution in [2.75, 3.05) is 18.0 Å². The summed E-state index contributed by atoms with van der Waals surface area (Å²) in [6.07, 6.45) is 1.84. The standard InChI is InChI=1S/C19H21ClN2O4S/c1-13-3-10-17(26-2)18(11-13)27(24,25)22(12-19(23)21-15-6-7-15)16-8-4-14(20)5-9-16/h3-5,8-11,15H,6-7,12H2,1-2H3,(H,21,23). The second-order valence-corrected chi connectivity index (χ2v) is 8.75. The van der Waals surface area contributed by atoms with Gasteiger partial charge in [0, 0.05) is 11.1 Å². The molecule has 1 N–H and O–H groups in total. The highest BCUT2D eigenvalue weighted by molar-refractivity contribution is 7.93. The Hall–Kier alpha value is -2.25. The van der Waals surface area contributed by atoms with E-state index in [2.05, 4.69) is 5.32 Å². The molecule has 1 aliphatic rings. The number of hydrogen-bond donors (Lipinski definition) is 1. The summed E-state index contributed by atoms with van der Waals surface area (Å²) < 4.78 is 33.2. The summed E-state index contributed by atoms with van der Waals surface area (Å²) in [7, 11) is -2.63. The molecule has 3 rings (SSSR count). The largest absolute Gasteiger partial charge is 0.495 e. The number of anilines is 1. The van der Waals surface area contributed by atoms with Crippen LogP contribution in [0.3, 0.4) is 0 Å². The lowest BCUT2D eigenvalue weighted by Gasteiger charge is -2.25. The van der Waals surface area contributed by atoms with Crippen molar-refractivity contribution < 1.29 is 17.9 Å². The number of ether oxygens (including phenoxy) is 1. The van der Waals surface area contributed by atoms with E-state index >= 15 is 0 Å². The zero-order valence-corrected chi connectivity index (χ0v) is 16.7. The van der Waals surface area contributed by atoms with Crippen molar-refractivity contribution in [3.05, 3.63) is 53.1 Å². The molecule has 1 saturated carbocycles. The monoisotopic (exact) mass is 408 g/mol. The van der Waals surface area contributed by atoms with Gasteiger partial charge in [0.2, 0.25) is 5.91 Å². The summed E-state index contributed by atoms with van der Waals surface area (Å²) in [6.45, 7) is 1.47. The molecule has 0 heterocycles. The highest BCUT2D eigenvalue weighted by atomic mass is 35.5. The first-order valence-corrected chi connectivity index (χ1v) is 10.4. The molecular weight excluding hydrogens is 388 g/mol. The number of nitrogens with one attached hydrogen (secondary N) is 1. The van der Waals surface area contributed by atoms with Crippen molar-refractivity contribution in [2.45, 2.75) is 30.7 Å². The SMILES string of the molecule is COc1ccc(C)cc1S(=O)(=O)N(CC(=O)NC1CC1)c1ccc(Cl)cc1. The third kappa shape index (κ3) is 4.54. The Morgan fingerprint density at radius 1 is 1.22 bits per heavy atom.